The average Bonchev–Trinajstić information content (AvgIpc) is 3.14. The van der Waals surface area contributed by atoms with Crippen LogP contribution in [-0.2, 0) is 6.54 Å². The third-order valence-corrected chi connectivity index (χ3v) is 5.10. The monoisotopic (exact) mass is 413 g/mol. The number of rotatable bonds is 3. The number of pyridine rings is 1. The topological polar surface area (TPSA) is 90.2 Å². The summed E-state index contributed by atoms with van der Waals surface area (Å²) in [7, 11) is 0. The first kappa shape index (κ1) is 19.1. The Morgan fingerprint density at radius 2 is 1.76 bits per heavy atom. The summed E-state index contributed by atoms with van der Waals surface area (Å²) in [5.74, 6) is -0.266. The number of carbonyl (C=O) groups excluding carboxylic acids is 2. The molecule has 0 radical (unpaired) electrons. The van der Waals surface area contributed by atoms with E-state index in [0.29, 0.717) is 37.7 Å². The molecule has 1 saturated heterocycles. The molecule has 0 aliphatic carbocycles. The molecule has 0 spiro atoms. The number of hydrogen-bond acceptors (Lipinski definition) is 4. The van der Waals surface area contributed by atoms with Gasteiger partial charge in [0.2, 0.25) is 0 Å². The van der Waals surface area contributed by atoms with E-state index in [-0.39, 0.29) is 23.3 Å². The fraction of sp³-hybridized carbons (Fsp3) is 0.250. The number of nitrogens with one attached hydrogen (secondary N) is 1. The minimum atomic E-state index is -0.230. The van der Waals surface area contributed by atoms with Gasteiger partial charge in [-0.25, -0.2) is 9.78 Å². The van der Waals surface area contributed by atoms with E-state index in [2.05, 4.69) is 10.3 Å². The molecule has 3 aromatic rings. The summed E-state index contributed by atoms with van der Waals surface area (Å²) in [5, 5.41) is 13.3. The Labute approximate surface area is 172 Å². The summed E-state index contributed by atoms with van der Waals surface area (Å²) in [4.78, 5) is 32.8. The van der Waals surface area contributed by atoms with Crippen molar-refractivity contribution in [3.8, 4) is 5.75 Å². The van der Waals surface area contributed by atoms with Crippen molar-refractivity contribution >= 4 is 29.2 Å². The Kier molecular flexibility index (Phi) is 5.26. The molecule has 1 aliphatic rings. The van der Waals surface area contributed by atoms with Crippen LogP contribution >= 0.6 is 11.6 Å². The average molecular weight is 414 g/mol. The molecule has 0 atom stereocenters. The van der Waals surface area contributed by atoms with Crippen molar-refractivity contribution in [2.24, 2.45) is 0 Å². The molecule has 3 amide bonds. The van der Waals surface area contributed by atoms with E-state index in [4.69, 9.17) is 11.6 Å². The van der Waals surface area contributed by atoms with Gasteiger partial charge in [0.15, 0.2) is 0 Å². The van der Waals surface area contributed by atoms with E-state index in [9.17, 15) is 14.7 Å². The van der Waals surface area contributed by atoms with Crippen molar-refractivity contribution in [1.29, 1.82) is 0 Å². The molecule has 150 valence electrons. The maximum atomic E-state index is 12.5. The highest BCUT2D eigenvalue weighted by molar-refractivity contribution is 6.30. The number of aromatic nitrogens is 2. The minimum Gasteiger partial charge on any atom is -0.507 e. The number of nitrogens with zero attached hydrogens (tertiary/aromatic N) is 4. The SMILES string of the molecule is O=C(NCc1cn2cc(Cl)ccc2n1)N1CCN(C(=O)c2ccccc2O)CC1. The second-order valence-electron chi connectivity index (χ2n) is 6.80. The Bertz CT molecular complexity index is 1060. The predicted octanol–water partition coefficient (Wildman–Crippen LogP) is 2.36. The van der Waals surface area contributed by atoms with Crippen LogP contribution in [-0.4, -0.2) is 62.4 Å². The molecular formula is C20H20ClN5O3. The number of amides is 3. The van der Waals surface area contributed by atoms with Crippen LogP contribution in [0.5, 0.6) is 5.75 Å². The van der Waals surface area contributed by atoms with Crippen molar-refractivity contribution in [2.75, 3.05) is 26.2 Å². The lowest BCUT2D eigenvalue weighted by atomic mass is 10.1. The number of halogens is 1. The zero-order valence-electron chi connectivity index (χ0n) is 15.6. The second kappa shape index (κ2) is 8.00. The van der Waals surface area contributed by atoms with E-state index >= 15 is 0 Å². The highest BCUT2D eigenvalue weighted by Gasteiger charge is 2.26. The molecule has 4 rings (SSSR count). The smallest absolute Gasteiger partial charge is 0.317 e. The Morgan fingerprint density at radius 1 is 1.03 bits per heavy atom. The van der Waals surface area contributed by atoms with Gasteiger partial charge in [-0.1, -0.05) is 23.7 Å². The van der Waals surface area contributed by atoms with Crippen molar-refractivity contribution in [3.63, 3.8) is 0 Å². The van der Waals surface area contributed by atoms with Crippen LogP contribution in [0.25, 0.3) is 5.65 Å². The first-order chi connectivity index (χ1) is 14.0. The van der Waals surface area contributed by atoms with Crippen LogP contribution in [0.15, 0.2) is 48.8 Å². The van der Waals surface area contributed by atoms with Gasteiger partial charge in [-0.2, -0.15) is 0 Å². The molecular weight excluding hydrogens is 394 g/mol. The van der Waals surface area contributed by atoms with Gasteiger partial charge in [0.25, 0.3) is 5.91 Å². The number of fused-ring (bicyclic) bond motifs is 1. The van der Waals surface area contributed by atoms with Crippen molar-refractivity contribution in [2.45, 2.75) is 6.54 Å². The van der Waals surface area contributed by atoms with E-state index in [0.717, 1.165) is 11.3 Å². The van der Waals surface area contributed by atoms with Crippen molar-refractivity contribution in [3.05, 3.63) is 65.1 Å². The minimum absolute atomic E-state index is 0.0357. The van der Waals surface area contributed by atoms with E-state index in [1.54, 1.807) is 40.3 Å². The Morgan fingerprint density at radius 3 is 2.52 bits per heavy atom. The maximum absolute atomic E-state index is 12.5. The third-order valence-electron chi connectivity index (χ3n) is 4.87. The number of aromatic hydroxyl groups is 1. The number of carbonyl (C=O) groups is 2. The summed E-state index contributed by atoms with van der Waals surface area (Å²) in [6.45, 7) is 1.97. The molecule has 1 aliphatic heterocycles. The van der Waals surface area contributed by atoms with Gasteiger partial charge >= 0.3 is 6.03 Å². The van der Waals surface area contributed by atoms with Crippen LogP contribution < -0.4 is 5.32 Å². The van der Waals surface area contributed by atoms with E-state index in [1.807, 2.05) is 16.7 Å². The van der Waals surface area contributed by atoms with E-state index in [1.165, 1.54) is 6.07 Å². The van der Waals surface area contributed by atoms with Crippen LogP contribution in [0.4, 0.5) is 4.79 Å². The lowest BCUT2D eigenvalue weighted by Crippen LogP contribution is -2.53. The lowest BCUT2D eigenvalue weighted by Gasteiger charge is -2.34. The number of para-hydroxylation sites is 1. The largest absolute Gasteiger partial charge is 0.507 e. The Balaban J connectivity index is 1.30. The fourth-order valence-corrected chi connectivity index (χ4v) is 3.49. The highest BCUT2D eigenvalue weighted by Crippen LogP contribution is 2.19. The quantitative estimate of drug-likeness (QED) is 0.689. The molecule has 3 heterocycles. The third kappa shape index (κ3) is 4.12. The number of phenolic OH excluding ortho intramolecular Hbond substituents is 1. The van der Waals surface area contributed by atoms with Crippen LogP contribution in [0.3, 0.4) is 0 Å². The summed E-state index contributed by atoms with van der Waals surface area (Å²) < 4.78 is 1.81. The number of benzene rings is 1. The fourth-order valence-electron chi connectivity index (χ4n) is 3.32. The summed E-state index contributed by atoms with van der Waals surface area (Å²) in [6.07, 6.45) is 3.58. The molecule has 1 aromatic carbocycles. The standard InChI is InChI=1S/C20H20ClN5O3/c21-14-5-6-18-23-15(13-26(18)12-14)11-22-20(29)25-9-7-24(8-10-25)19(28)16-3-1-2-4-17(16)27/h1-6,12-13,27H,7-11H2,(H,22,29). The van der Waals surface area contributed by atoms with Crippen LogP contribution in [0.1, 0.15) is 16.1 Å². The predicted molar refractivity (Wildman–Crippen MR) is 108 cm³/mol. The van der Waals surface area contributed by atoms with Crippen LogP contribution in [0.2, 0.25) is 5.02 Å². The molecule has 0 unspecified atom stereocenters. The molecule has 0 saturated carbocycles. The van der Waals surface area contributed by atoms with Gasteiger partial charge in [0, 0.05) is 38.6 Å². The van der Waals surface area contributed by atoms with Crippen molar-refractivity contribution < 1.29 is 14.7 Å². The van der Waals surface area contributed by atoms with Gasteiger partial charge in [0.1, 0.15) is 11.4 Å². The zero-order valence-corrected chi connectivity index (χ0v) is 16.3. The molecule has 1 fully saturated rings. The molecule has 29 heavy (non-hydrogen) atoms. The van der Waals surface area contributed by atoms with Gasteiger partial charge in [0.05, 0.1) is 22.8 Å². The van der Waals surface area contributed by atoms with Crippen LogP contribution in [0, 0.1) is 0 Å². The summed E-state index contributed by atoms with van der Waals surface area (Å²) >= 11 is 5.97. The first-order valence-corrected chi connectivity index (χ1v) is 9.62. The lowest BCUT2D eigenvalue weighted by molar-refractivity contribution is 0.0662. The summed E-state index contributed by atoms with van der Waals surface area (Å²) in [5.41, 5.74) is 1.77. The number of urea groups is 1. The molecule has 2 N–H and O–H groups in total. The van der Waals surface area contributed by atoms with Gasteiger partial charge < -0.3 is 24.6 Å². The number of imidazole rings is 1. The second-order valence-corrected chi connectivity index (χ2v) is 7.24. The Hall–Kier alpha value is -3.26. The molecule has 8 nitrogen and oxygen atoms in total. The zero-order chi connectivity index (χ0) is 20.4. The van der Waals surface area contributed by atoms with Gasteiger partial charge in [-0.15, -0.1) is 0 Å². The highest BCUT2D eigenvalue weighted by atomic mass is 35.5. The van der Waals surface area contributed by atoms with Gasteiger partial charge in [-0.3, -0.25) is 4.79 Å². The molecule has 0 bridgehead atoms. The molecule has 9 heteroatoms. The normalized spacial score (nSPS) is 14.2. The van der Waals surface area contributed by atoms with Gasteiger partial charge in [-0.05, 0) is 24.3 Å². The number of phenols is 1. The van der Waals surface area contributed by atoms with E-state index < -0.39 is 0 Å². The molecule has 2 aromatic heterocycles. The summed E-state index contributed by atoms with van der Waals surface area (Å²) in [6, 6.07) is 9.85. The number of piperazine rings is 1. The first-order valence-electron chi connectivity index (χ1n) is 9.24. The maximum Gasteiger partial charge on any atom is 0.317 e. The van der Waals surface area contributed by atoms with Crippen molar-refractivity contribution in [1.82, 2.24) is 24.5 Å². The number of hydrogen-bond donors (Lipinski definition) is 2.